The molecule has 0 aromatic rings. The summed E-state index contributed by atoms with van der Waals surface area (Å²) in [5.41, 5.74) is 0. The number of phosphoric acid groups is 2. The maximum absolute atomic E-state index is 9.32. The van der Waals surface area contributed by atoms with Crippen LogP contribution in [0.5, 0.6) is 0 Å². The quantitative estimate of drug-likeness (QED) is 0.350. The van der Waals surface area contributed by atoms with Crippen LogP contribution in [0.15, 0.2) is 0 Å². The summed E-state index contributed by atoms with van der Waals surface area (Å²) in [6.45, 7) is 0. The molecule has 0 rings (SSSR count). The molecule has 8 N–H and O–H groups in total. The molecule has 11 nitrogen and oxygen atoms in total. The summed E-state index contributed by atoms with van der Waals surface area (Å²) in [6, 6.07) is 0. The molecule has 0 aliphatic rings. The van der Waals surface area contributed by atoms with E-state index < -0.39 is 15.6 Å². The second kappa shape index (κ2) is 11.7. The topological polar surface area (TPSA) is 262 Å². The van der Waals surface area contributed by atoms with Crippen molar-refractivity contribution in [2.45, 2.75) is 0 Å². The summed E-state index contributed by atoms with van der Waals surface area (Å²) in [6.07, 6.45) is 0. The van der Waals surface area contributed by atoms with Crippen LogP contribution in [-0.4, -0.2) is 21.9 Å². The van der Waals surface area contributed by atoms with Crippen molar-refractivity contribution < 1.29 is 72.0 Å². The summed E-state index contributed by atoms with van der Waals surface area (Å²) in [7, 11) is -11.4. The van der Waals surface area contributed by atoms with Crippen LogP contribution in [0.25, 0.3) is 0 Å². The van der Waals surface area contributed by atoms with Gasteiger partial charge in [-0.2, -0.15) is 0 Å². The van der Waals surface area contributed by atoms with Crippen LogP contribution in [0, 0.1) is 0 Å². The molecule has 0 unspecified atom stereocenters. The SMILES string of the molecule is O.O.O.O.O=P([O-])([O-])OP(=O)([O-])[O-].[Cu+4]. The van der Waals surface area contributed by atoms with E-state index in [4.69, 9.17) is 0 Å². The molecule has 14 heavy (non-hydrogen) atoms. The van der Waals surface area contributed by atoms with Crippen molar-refractivity contribution in [2.24, 2.45) is 0 Å². The van der Waals surface area contributed by atoms with E-state index >= 15 is 0 Å². The number of rotatable bonds is 2. The molecule has 0 bridgehead atoms. The van der Waals surface area contributed by atoms with Crippen LogP contribution in [0.2, 0.25) is 0 Å². The molecule has 0 aliphatic carbocycles. The van der Waals surface area contributed by atoms with Crippen molar-refractivity contribution in [3.63, 3.8) is 0 Å². The molecule has 1 radical (unpaired) electrons. The van der Waals surface area contributed by atoms with Crippen molar-refractivity contribution in [1.29, 1.82) is 0 Å². The molecule has 95 valence electrons. The van der Waals surface area contributed by atoms with Crippen molar-refractivity contribution in [3.05, 3.63) is 0 Å². The summed E-state index contributed by atoms with van der Waals surface area (Å²) >= 11 is 0. The van der Waals surface area contributed by atoms with Gasteiger partial charge in [0.05, 0.1) is 15.6 Å². The van der Waals surface area contributed by atoms with Crippen molar-refractivity contribution in [3.8, 4) is 0 Å². The van der Waals surface area contributed by atoms with Gasteiger partial charge in [-0.1, -0.05) is 0 Å². The van der Waals surface area contributed by atoms with Gasteiger partial charge in [0.15, 0.2) is 0 Å². The monoisotopic (exact) mass is 309 g/mol. The van der Waals surface area contributed by atoms with E-state index in [-0.39, 0.29) is 39.0 Å². The fourth-order valence-electron chi connectivity index (χ4n) is 0.122. The van der Waals surface area contributed by atoms with E-state index in [1.54, 1.807) is 0 Å². The van der Waals surface area contributed by atoms with Crippen LogP contribution in [0.3, 0.4) is 0 Å². The summed E-state index contributed by atoms with van der Waals surface area (Å²) in [4.78, 5) is 37.3. The standard InChI is InChI=1S/Cu.H4O7P2.4H2O/c;1-8(2,3)7-9(4,5)6;;;;/h;(H2,1,2,3)(H2,4,5,6);4*1H2/q+4;;;;;/p-4. The minimum Gasteiger partial charge on any atom is -0.790 e. The molecule has 0 aromatic carbocycles. The van der Waals surface area contributed by atoms with Crippen molar-refractivity contribution >= 4 is 15.6 Å². The second-order valence-corrected chi connectivity index (χ2v) is 3.42. The van der Waals surface area contributed by atoms with Gasteiger partial charge in [0, 0.05) is 0 Å². The zero-order chi connectivity index (χ0) is 7.71. The maximum atomic E-state index is 9.32. The molecule has 0 saturated carbocycles. The normalized spacial score (nSPS) is 8.86. The summed E-state index contributed by atoms with van der Waals surface area (Å²) < 4.78 is 21.2. The average molecular weight is 310 g/mol. The predicted octanol–water partition coefficient (Wildman–Crippen LogP) is -6.64. The molecule has 0 amide bonds. The molecule has 14 heteroatoms. The average Bonchev–Trinajstić information content (AvgIpc) is 1.14. The fraction of sp³-hybridized carbons (Fsp3) is 0. The molecular formula is H8CuO11P2. The summed E-state index contributed by atoms with van der Waals surface area (Å²) in [5, 5.41) is 0. The Morgan fingerprint density at radius 1 is 0.714 bits per heavy atom. The zero-order valence-electron chi connectivity index (χ0n) is 6.05. The van der Waals surface area contributed by atoms with Gasteiger partial charge in [0.25, 0.3) is 0 Å². The van der Waals surface area contributed by atoms with Gasteiger partial charge in [0.2, 0.25) is 0 Å². The third-order valence-corrected chi connectivity index (χ3v) is 1.80. The van der Waals surface area contributed by atoms with Crippen LogP contribution < -0.4 is 19.6 Å². The Balaban J connectivity index is -0.0000000320. The van der Waals surface area contributed by atoms with E-state index in [9.17, 15) is 28.7 Å². The van der Waals surface area contributed by atoms with Crippen molar-refractivity contribution in [2.75, 3.05) is 0 Å². The molecule has 0 saturated heterocycles. The number of hydrogen-bond acceptors (Lipinski definition) is 7. The Bertz CT molecular complexity index is 154. The molecular weight excluding hydrogens is 301 g/mol. The van der Waals surface area contributed by atoms with Gasteiger partial charge in [-0.05, 0) is 0 Å². The van der Waals surface area contributed by atoms with Gasteiger partial charge in [-0.15, -0.1) is 0 Å². The smallest absolute Gasteiger partial charge is 0.790 e. The van der Waals surface area contributed by atoms with Crippen LogP contribution in [0.1, 0.15) is 0 Å². The molecule has 0 spiro atoms. The Kier molecular flexibility index (Phi) is 30.5. The first kappa shape index (κ1) is 36.5. The van der Waals surface area contributed by atoms with Crippen molar-refractivity contribution in [1.82, 2.24) is 0 Å². The van der Waals surface area contributed by atoms with E-state index in [2.05, 4.69) is 4.31 Å². The first-order chi connectivity index (χ1) is 3.71. The van der Waals surface area contributed by atoms with Gasteiger partial charge >= 0.3 is 17.1 Å². The largest absolute Gasteiger partial charge is 4.00 e. The second-order valence-electron chi connectivity index (χ2n) is 0.976. The van der Waals surface area contributed by atoms with Crippen LogP contribution >= 0.6 is 15.6 Å². The molecule has 0 heterocycles. The van der Waals surface area contributed by atoms with E-state index in [1.807, 2.05) is 0 Å². The van der Waals surface area contributed by atoms with Gasteiger partial charge in [0.1, 0.15) is 0 Å². The van der Waals surface area contributed by atoms with E-state index in [1.165, 1.54) is 0 Å². The maximum Gasteiger partial charge on any atom is 4.00 e. The fourth-order valence-corrected chi connectivity index (χ4v) is 1.10. The van der Waals surface area contributed by atoms with Gasteiger partial charge in [-0.3, -0.25) is 0 Å². The Morgan fingerprint density at radius 2 is 0.857 bits per heavy atom. The van der Waals surface area contributed by atoms with E-state index in [0.717, 1.165) is 0 Å². The molecule has 0 aromatic heterocycles. The van der Waals surface area contributed by atoms with Gasteiger partial charge in [-0.25, -0.2) is 0 Å². The summed E-state index contributed by atoms with van der Waals surface area (Å²) in [5.74, 6) is 0. The third kappa shape index (κ3) is 38.9. The Hall–Kier alpha value is 0.619. The minimum absolute atomic E-state index is 0. The molecule has 0 aliphatic heterocycles. The Labute approximate surface area is 88.3 Å². The van der Waals surface area contributed by atoms with Crippen LogP contribution in [0.4, 0.5) is 0 Å². The minimum atomic E-state index is -5.68. The zero-order valence-corrected chi connectivity index (χ0v) is 8.78. The first-order valence-corrected chi connectivity index (χ1v) is 4.38. The van der Waals surface area contributed by atoms with Gasteiger partial charge < -0.3 is 54.9 Å². The predicted molar refractivity (Wildman–Crippen MR) is 30.8 cm³/mol. The molecule has 0 atom stereocenters. The Morgan fingerprint density at radius 3 is 0.857 bits per heavy atom. The molecule has 0 fully saturated rings. The van der Waals surface area contributed by atoms with Crippen LogP contribution in [-0.2, 0) is 30.5 Å². The first-order valence-electron chi connectivity index (χ1n) is 1.46. The van der Waals surface area contributed by atoms with E-state index in [0.29, 0.717) is 0 Å². The number of hydrogen-bond donors (Lipinski definition) is 0. The third-order valence-electron chi connectivity index (χ3n) is 0.200.